The standard InChI is InChI=1S/C12H13N3S/c1-9-8-12(13-10(2)16)15(14-9)11-6-4-3-5-7-11/h3-8H,1-2H3,(H,13,16). The van der Waals surface area contributed by atoms with Crippen molar-refractivity contribution in [1.82, 2.24) is 9.78 Å². The van der Waals surface area contributed by atoms with Crippen LogP contribution in [-0.2, 0) is 0 Å². The summed E-state index contributed by atoms with van der Waals surface area (Å²) in [5.41, 5.74) is 1.98. The van der Waals surface area contributed by atoms with E-state index in [1.807, 2.05) is 54.9 Å². The molecule has 2 rings (SSSR count). The predicted molar refractivity (Wildman–Crippen MR) is 70.2 cm³/mol. The van der Waals surface area contributed by atoms with E-state index in [9.17, 15) is 0 Å². The molecule has 0 bridgehead atoms. The Hall–Kier alpha value is -1.68. The number of thiocarbonyl (C=S) groups is 1. The summed E-state index contributed by atoms with van der Waals surface area (Å²) in [6, 6.07) is 12.0. The summed E-state index contributed by atoms with van der Waals surface area (Å²) in [5, 5.41) is 7.55. The van der Waals surface area contributed by atoms with Gasteiger partial charge in [-0.1, -0.05) is 30.4 Å². The lowest BCUT2D eigenvalue weighted by Crippen LogP contribution is -2.09. The first-order valence-corrected chi connectivity index (χ1v) is 5.47. The number of benzene rings is 1. The number of nitrogens with zero attached hydrogens (tertiary/aromatic N) is 2. The smallest absolute Gasteiger partial charge is 0.134 e. The van der Waals surface area contributed by atoms with E-state index >= 15 is 0 Å². The Morgan fingerprint density at radius 2 is 2.00 bits per heavy atom. The molecule has 0 radical (unpaired) electrons. The van der Waals surface area contributed by atoms with Gasteiger partial charge in [-0.3, -0.25) is 0 Å². The van der Waals surface area contributed by atoms with Crippen LogP contribution in [0.15, 0.2) is 36.4 Å². The van der Waals surface area contributed by atoms with E-state index < -0.39 is 0 Å². The molecular formula is C12H13N3S. The Morgan fingerprint density at radius 1 is 1.31 bits per heavy atom. The van der Waals surface area contributed by atoms with Gasteiger partial charge in [-0.05, 0) is 26.0 Å². The van der Waals surface area contributed by atoms with Crippen LogP contribution < -0.4 is 5.32 Å². The first-order chi connectivity index (χ1) is 7.66. The quantitative estimate of drug-likeness (QED) is 0.806. The van der Waals surface area contributed by atoms with Gasteiger partial charge in [0.1, 0.15) is 5.82 Å². The summed E-state index contributed by atoms with van der Waals surface area (Å²) < 4.78 is 1.85. The van der Waals surface area contributed by atoms with Crippen LogP contribution in [-0.4, -0.2) is 14.8 Å². The molecule has 4 heteroatoms. The van der Waals surface area contributed by atoms with E-state index in [-0.39, 0.29) is 0 Å². The highest BCUT2D eigenvalue weighted by Gasteiger charge is 2.06. The Labute approximate surface area is 100 Å². The van der Waals surface area contributed by atoms with E-state index in [0.29, 0.717) is 0 Å². The molecule has 1 aromatic carbocycles. The Bertz CT molecular complexity index is 502. The van der Waals surface area contributed by atoms with Crippen LogP contribution in [0.4, 0.5) is 5.82 Å². The van der Waals surface area contributed by atoms with Gasteiger partial charge in [0.2, 0.25) is 0 Å². The second-order valence-corrected chi connectivity index (χ2v) is 4.21. The Kier molecular flexibility index (Phi) is 3.01. The van der Waals surface area contributed by atoms with E-state index in [2.05, 4.69) is 10.4 Å². The molecule has 0 aliphatic heterocycles. The van der Waals surface area contributed by atoms with E-state index in [1.54, 1.807) is 0 Å². The third-order valence-electron chi connectivity index (χ3n) is 2.14. The number of aromatic nitrogens is 2. The van der Waals surface area contributed by atoms with Crippen LogP contribution in [0.3, 0.4) is 0 Å². The van der Waals surface area contributed by atoms with Crippen molar-refractivity contribution in [3.05, 3.63) is 42.1 Å². The number of rotatable bonds is 2. The highest BCUT2D eigenvalue weighted by molar-refractivity contribution is 7.80. The highest BCUT2D eigenvalue weighted by Crippen LogP contribution is 2.16. The lowest BCUT2D eigenvalue weighted by Gasteiger charge is -2.07. The summed E-state index contributed by atoms with van der Waals surface area (Å²) in [7, 11) is 0. The molecule has 0 aliphatic carbocycles. The molecule has 82 valence electrons. The van der Waals surface area contributed by atoms with Gasteiger partial charge in [0, 0.05) is 6.07 Å². The van der Waals surface area contributed by atoms with Gasteiger partial charge >= 0.3 is 0 Å². The summed E-state index contributed by atoms with van der Waals surface area (Å²) in [6.07, 6.45) is 0. The zero-order chi connectivity index (χ0) is 11.5. The zero-order valence-electron chi connectivity index (χ0n) is 9.27. The largest absolute Gasteiger partial charge is 0.335 e. The monoisotopic (exact) mass is 231 g/mol. The molecule has 1 heterocycles. The number of hydrogen-bond acceptors (Lipinski definition) is 2. The number of aryl methyl sites for hydroxylation is 1. The lowest BCUT2D eigenvalue weighted by atomic mass is 10.3. The van der Waals surface area contributed by atoms with Crippen LogP contribution in [0.2, 0.25) is 0 Å². The van der Waals surface area contributed by atoms with Crippen LogP contribution >= 0.6 is 12.2 Å². The number of nitrogens with one attached hydrogen (secondary N) is 1. The molecule has 0 saturated carbocycles. The van der Waals surface area contributed by atoms with Gasteiger partial charge in [-0.15, -0.1) is 0 Å². The minimum atomic E-state index is 0.733. The van der Waals surface area contributed by atoms with Crippen LogP contribution in [0, 0.1) is 6.92 Å². The molecule has 0 fully saturated rings. The minimum absolute atomic E-state index is 0.733. The van der Waals surface area contributed by atoms with Crippen molar-refractivity contribution in [3.63, 3.8) is 0 Å². The fourth-order valence-electron chi connectivity index (χ4n) is 1.53. The summed E-state index contributed by atoms with van der Waals surface area (Å²) >= 11 is 5.04. The van der Waals surface area contributed by atoms with E-state index in [1.165, 1.54) is 0 Å². The fourth-order valence-corrected chi connectivity index (χ4v) is 1.64. The molecular weight excluding hydrogens is 218 g/mol. The summed E-state index contributed by atoms with van der Waals surface area (Å²) in [4.78, 5) is 0.733. The first kappa shape index (κ1) is 10.8. The maximum absolute atomic E-state index is 5.04. The van der Waals surface area contributed by atoms with Gasteiger partial charge < -0.3 is 5.32 Å². The van der Waals surface area contributed by atoms with Crippen LogP contribution in [0.25, 0.3) is 5.69 Å². The van der Waals surface area contributed by atoms with Gasteiger partial charge in [0.05, 0.1) is 16.4 Å². The summed E-state index contributed by atoms with van der Waals surface area (Å²) in [5.74, 6) is 0.899. The molecule has 0 aliphatic rings. The zero-order valence-corrected chi connectivity index (χ0v) is 10.1. The average molecular weight is 231 g/mol. The maximum atomic E-state index is 5.04. The second-order valence-electron chi connectivity index (χ2n) is 3.60. The number of para-hydroxylation sites is 1. The Balaban J connectivity index is 2.44. The SMILES string of the molecule is CC(=S)Nc1cc(C)nn1-c1ccccc1. The van der Waals surface area contributed by atoms with E-state index in [0.717, 1.165) is 22.2 Å². The Morgan fingerprint density at radius 3 is 2.62 bits per heavy atom. The maximum Gasteiger partial charge on any atom is 0.134 e. The fraction of sp³-hybridized carbons (Fsp3) is 0.167. The van der Waals surface area contributed by atoms with Crippen molar-refractivity contribution in [2.75, 3.05) is 5.32 Å². The molecule has 0 spiro atoms. The van der Waals surface area contributed by atoms with Gasteiger partial charge in [-0.25, -0.2) is 4.68 Å². The number of hydrogen-bond donors (Lipinski definition) is 1. The molecule has 0 unspecified atom stereocenters. The van der Waals surface area contributed by atoms with Gasteiger partial charge in [0.15, 0.2) is 0 Å². The van der Waals surface area contributed by atoms with Crippen molar-refractivity contribution in [2.45, 2.75) is 13.8 Å². The first-order valence-electron chi connectivity index (χ1n) is 5.06. The lowest BCUT2D eigenvalue weighted by molar-refractivity contribution is 0.871. The van der Waals surface area contributed by atoms with E-state index in [4.69, 9.17) is 12.2 Å². The molecule has 3 nitrogen and oxygen atoms in total. The summed E-state index contributed by atoms with van der Waals surface area (Å²) in [6.45, 7) is 3.82. The molecule has 16 heavy (non-hydrogen) atoms. The molecule has 0 saturated heterocycles. The van der Waals surface area contributed by atoms with Crippen LogP contribution in [0.1, 0.15) is 12.6 Å². The molecule has 1 aromatic heterocycles. The molecule has 2 aromatic rings. The predicted octanol–water partition coefficient (Wildman–Crippen LogP) is 2.94. The third kappa shape index (κ3) is 2.28. The normalized spacial score (nSPS) is 10.1. The molecule has 1 N–H and O–H groups in total. The van der Waals surface area contributed by atoms with Crippen LogP contribution in [0.5, 0.6) is 0 Å². The number of anilines is 1. The van der Waals surface area contributed by atoms with Crippen molar-refractivity contribution in [2.24, 2.45) is 0 Å². The van der Waals surface area contributed by atoms with Crippen molar-refractivity contribution >= 4 is 23.0 Å². The highest BCUT2D eigenvalue weighted by atomic mass is 32.1. The minimum Gasteiger partial charge on any atom is -0.335 e. The third-order valence-corrected chi connectivity index (χ3v) is 2.24. The second kappa shape index (κ2) is 4.45. The molecule has 0 atom stereocenters. The van der Waals surface area contributed by atoms with Gasteiger partial charge in [-0.2, -0.15) is 5.10 Å². The van der Waals surface area contributed by atoms with Crippen molar-refractivity contribution in [1.29, 1.82) is 0 Å². The molecule has 0 amide bonds. The topological polar surface area (TPSA) is 29.9 Å². The van der Waals surface area contributed by atoms with Gasteiger partial charge in [0.25, 0.3) is 0 Å². The van der Waals surface area contributed by atoms with Crippen molar-refractivity contribution in [3.8, 4) is 5.69 Å². The average Bonchev–Trinajstić information content (AvgIpc) is 2.60. The van der Waals surface area contributed by atoms with Crippen molar-refractivity contribution < 1.29 is 0 Å².